The molecule has 0 fully saturated rings. The summed E-state index contributed by atoms with van der Waals surface area (Å²) in [6.07, 6.45) is 0. The van der Waals surface area contributed by atoms with Gasteiger partial charge in [-0.05, 0) is 61.5 Å². The van der Waals surface area contributed by atoms with Crippen LogP contribution in [0.15, 0.2) is 82.1 Å². The minimum absolute atomic E-state index is 0.0627. The number of carbonyl (C=O) groups excluding carboxylic acids is 1. The first-order chi connectivity index (χ1) is 16.3. The van der Waals surface area contributed by atoms with Gasteiger partial charge in [0, 0.05) is 27.7 Å². The smallest absolute Gasteiger partial charge is 0.322 e. The zero-order valence-electron chi connectivity index (χ0n) is 17.8. The third-order valence-electron chi connectivity index (χ3n) is 4.79. The predicted octanol–water partition coefficient (Wildman–Crippen LogP) is 5.51. The molecule has 0 bridgehead atoms. The lowest BCUT2D eigenvalue weighted by Crippen LogP contribution is -2.30. The van der Waals surface area contributed by atoms with Crippen LogP contribution < -0.4 is 9.62 Å². The second-order valence-corrected chi connectivity index (χ2v) is 9.79. The van der Waals surface area contributed by atoms with Gasteiger partial charge < -0.3 is 4.42 Å². The second kappa shape index (κ2) is 9.84. The first-order valence-corrected chi connectivity index (χ1v) is 12.3. The van der Waals surface area contributed by atoms with Crippen molar-refractivity contribution in [2.75, 3.05) is 16.2 Å². The second-order valence-electron chi connectivity index (χ2n) is 7.05. The molecule has 0 unspecified atom stereocenters. The maximum absolute atomic E-state index is 13.1. The molecule has 0 spiro atoms. The third kappa shape index (κ3) is 5.06. The number of anilines is 2. The van der Waals surface area contributed by atoms with Crippen molar-refractivity contribution in [3.8, 4) is 11.5 Å². The van der Waals surface area contributed by atoms with Crippen molar-refractivity contribution in [3.63, 3.8) is 0 Å². The molecule has 3 aromatic carbocycles. The van der Waals surface area contributed by atoms with Gasteiger partial charge in [0.25, 0.3) is 15.9 Å². The number of nitrogens with zero attached hydrogens (tertiary/aromatic N) is 3. The molecule has 0 radical (unpaired) electrons. The van der Waals surface area contributed by atoms with E-state index >= 15 is 0 Å². The van der Waals surface area contributed by atoms with Gasteiger partial charge in [-0.1, -0.05) is 46.5 Å². The van der Waals surface area contributed by atoms with Gasteiger partial charge in [0.2, 0.25) is 5.89 Å². The average Bonchev–Trinajstić information content (AvgIpc) is 3.28. The van der Waals surface area contributed by atoms with Gasteiger partial charge in [0.05, 0.1) is 10.6 Å². The Morgan fingerprint density at radius 3 is 2.24 bits per heavy atom. The highest BCUT2D eigenvalue weighted by Crippen LogP contribution is 2.27. The van der Waals surface area contributed by atoms with E-state index in [1.54, 1.807) is 49.4 Å². The Bertz CT molecular complexity index is 1400. The van der Waals surface area contributed by atoms with Crippen LogP contribution in [0.4, 0.5) is 11.7 Å². The normalized spacial score (nSPS) is 11.3. The number of amides is 1. The minimum atomic E-state index is -3.80. The summed E-state index contributed by atoms with van der Waals surface area (Å²) in [6, 6.07) is 19.0. The number of benzene rings is 3. The Balaban J connectivity index is 1.50. The van der Waals surface area contributed by atoms with Gasteiger partial charge in [-0.25, -0.2) is 8.42 Å². The van der Waals surface area contributed by atoms with E-state index in [1.165, 1.54) is 28.6 Å². The van der Waals surface area contributed by atoms with E-state index in [1.807, 2.05) is 6.07 Å². The van der Waals surface area contributed by atoms with E-state index in [4.69, 9.17) is 27.6 Å². The average molecular weight is 517 g/mol. The van der Waals surface area contributed by atoms with E-state index in [-0.39, 0.29) is 28.9 Å². The summed E-state index contributed by atoms with van der Waals surface area (Å²) in [5, 5.41) is 11.0. The number of hydrogen-bond acceptors (Lipinski definition) is 6. The molecular weight excluding hydrogens is 499 g/mol. The first kappa shape index (κ1) is 23.7. The van der Waals surface area contributed by atoms with E-state index in [9.17, 15) is 13.2 Å². The lowest BCUT2D eigenvalue weighted by molar-refractivity contribution is 0.102. The van der Waals surface area contributed by atoms with Gasteiger partial charge in [0.1, 0.15) is 0 Å². The molecule has 1 heterocycles. The molecule has 1 N–H and O–H groups in total. The topological polar surface area (TPSA) is 105 Å². The molecule has 4 rings (SSSR count). The number of carbonyl (C=O) groups is 1. The Morgan fingerprint density at radius 2 is 1.62 bits per heavy atom. The van der Waals surface area contributed by atoms with E-state index in [0.29, 0.717) is 21.3 Å². The zero-order chi connectivity index (χ0) is 24.3. The first-order valence-electron chi connectivity index (χ1n) is 10.1. The molecule has 1 aromatic heterocycles. The van der Waals surface area contributed by atoms with E-state index in [0.717, 1.165) is 0 Å². The van der Waals surface area contributed by atoms with Gasteiger partial charge in [0.15, 0.2) is 0 Å². The predicted molar refractivity (Wildman–Crippen MR) is 131 cm³/mol. The number of sulfonamides is 1. The fraction of sp³-hybridized carbons (Fsp3) is 0.0870. The standard InChI is InChI=1S/C23H18Cl2N4O4S/c1-2-29(19-6-4-3-5-7-19)34(31,32)20-10-8-15(9-11-20)21(30)26-23-28-27-22(33-23)16-12-17(24)14-18(25)13-16/h3-14H,2H2,1H3,(H,26,28,30). The van der Waals surface area contributed by atoms with Crippen molar-refractivity contribution in [1.29, 1.82) is 0 Å². The number of aromatic nitrogens is 2. The van der Waals surface area contributed by atoms with Crippen molar-refractivity contribution < 1.29 is 17.6 Å². The number of nitrogens with one attached hydrogen (secondary N) is 1. The number of hydrogen-bond donors (Lipinski definition) is 1. The molecule has 0 aliphatic heterocycles. The molecule has 11 heteroatoms. The summed E-state index contributed by atoms with van der Waals surface area (Å²) in [5.74, 6) is -0.416. The van der Waals surface area contributed by atoms with Crippen LogP contribution in [0.3, 0.4) is 0 Å². The lowest BCUT2D eigenvalue weighted by Gasteiger charge is -2.22. The van der Waals surface area contributed by atoms with E-state index < -0.39 is 15.9 Å². The molecule has 0 saturated carbocycles. The summed E-state index contributed by atoms with van der Waals surface area (Å²) < 4.78 is 33.0. The summed E-state index contributed by atoms with van der Waals surface area (Å²) in [4.78, 5) is 12.7. The van der Waals surface area contributed by atoms with Gasteiger partial charge >= 0.3 is 6.01 Å². The van der Waals surface area contributed by atoms with Crippen molar-refractivity contribution >= 4 is 50.8 Å². The Morgan fingerprint density at radius 1 is 0.971 bits per heavy atom. The highest BCUT2D eigenvalue weighted by molar-refractivity contribution is 7.92. The van der Waals surface area contributed by atoms with Gasteiger partial charge in [-0.3, -0.25) is 14.4 Å². The molecule has 0 saturated heterocycles. The maximum atomic E-state index is 13.1. The molecule has 174 valence electrons. The van der Waals surface area contributed by atoms with Gasteiger partial charge in [-0.2, -0.15) is 0 Å². The fourth-order valence-electron chi connectivity index (χ4n) is 3.23. The SMILES string of the molecule is CCN(c1ccccc1)S(=O)(=O)c1ccc(C(=O)Nc2nnc(-c3cc(Cl)cc(Cl)c3)o2)cc1. The highest BCUT2D eigenvalue weighted by atomic mass is 35.5. The molecule has 34 heavy (non-hydrogen) atoms. The quantitative estimate of drug-likeness (QED) is 0.347. The van der Waals surface area contributed by atoms with Crippen LogP contribution in [0, 0.1) is 0 Å². The number of para-hydroxylation sites is 1. The molecule has 0 atom stereocenters. The lowest BCUT2D eigenvalue weighted by atomic mass is 10.2. The molecule has 0 aliphatic carbocycles. The largest absolute Gasteiger partial charge is 0.403 e. The molecule has 0 aliphatic rings. The summed E-state index contributed by atoms with van der Waals surface area (Å²) >= 11 is 12.0. The Labute approximate surface area is 206 Å². The summed E-state index contributed by atoms with van der Waals surface area (Å²) in [6.45, 7) is 2.01. The fourth-order valence-corrected chi connectivity index (χ4v) is 5.23. The third-order valence-corrected chi connectivity index (χ3v) is 7.14. The molecular formula is C23H18Cl2N4O4S. The molecule has 1 amide bonds. The Kier molecular flexibility index (Phi) is 6.87. The number of rotatable bonds is 7. The van der Waals surface area contributed by atoms with Crippen LogP contribution >= 0.6 is 23.2 Å². The summed E-state index contributed by atoms with van der Waals surface area (Å²) in [7, 11) is -3.80. The van der Waals surface area contributed by atoms with Crippen LogP contribution in [0.2, 0.25) is 10.0 Å². The highest BCUT2D eigenvalue weighted by Gasteiger charge is 2.24. The van der Waals surface area contributed by atoms with Crippen LogP contribution in [0.25, 0.3) is 11.5 Å². The van der Waals surface area contributed by atoms with Crippen molar-refractivity contribution in [3.05, 3.63) is 88.4 Å². The minimum Gasteiger partial charge on any atom is -0.403 e. The van der Waals surface area contributed by atoms with Gasteiger partial charge in [-0.15, -0.1) is 5.10 Å². The zero-order valence-corrected chi connectivity index (χ0v) is 20.1. The molecule has 4 aromatic rings. The van der Waals surface area contributed by atoms with Crippen LogP contribution in [0.1, 0.15) is 17.3 Å². The van der Waals surface area contributed by atoms with Crippen LogP contribution in [-0.2, 0) is 10.0 Å². The maximum Gasteiger partial charge on any atom is 0.322 e. The van der Waals surface area contributed by atoms with Crippen molar-refractivity contribution in [2.24, 2.45) is 0 Å². The van der Waals surface area contributed by atoms with Crippen molar-refractivity contribution in [1.82, 2.24) is 10.2 Å². The Hall–Kier alpha value is -3.40. The van der Waals surface area contributed by atoms with Crippen LogP contribution in [-0.4, -0.2) is 31.1 Å². The number of halogens is 2. The monoisotopic (exact) mass is 516 g/mol. The van der Waals surface area contributed by atoms with E-state index in [2.05, 4.69) is 15.5 Å². The van der Waals surface area contributed by atoms with Crippen molar-refractivity contribution in [2.45, 2.75) is 11.8 Å². The van der Waals surface area contributed by atoms with Crippen LogP contribution in [0.5, 0.6) is 0 Å². The molecule has 8 nitrogen and oxygen atoms in total. The summed E-state index contributed by atoms with van der Waals surface area (Å²) in [5.41, 5.74) is 1.27.